The second-order valence-corrected chi connectivity index (χ2v) is 7.56. The van der Waals surface area contributed by atoms with Gasteiger partial charge >= 0.3 is 5.97 Å². The predicted molar refractivity (Wildman–Crippen MR) is 88.8 cm³/mol. The lowest BCUT2D eigenvalue weighted by Gasteiger charge is -2.10. The number of amides is 1. The number of unbranched alkanes of at least 4 members (excludes halogenated alkanes) is 4. The SMILES string of the molecule is CC(C(=O)NCCCCCCCC(=O)O)c1ccc(Br)s1. The zero-order valence-electron chi connectivity index (χ0n) is 12.2. The van der Waals surface area contributed by atoms with E-state index in [1.165, 1.54) is 0 Å². The van der Waals surface area contributed by atoms with E-state index in [0.29, 0.717) is 6.54 Å². The molecule has 0 aliphatic carbocycles. The molecule has 4 nitrogen and oxygen atoms in total. The van der Waals surface area contributed by atoms with Gasteiger partial charge in [0.25, 0.3) is 0 Å². The van der Waals surface area contributed by atoms with Crippen molar-refractivity contribution in [3.8, 4) is 0 Å². The predicted octanol–water partition coefficient (Wildman–Crippen LogP) is 4.16. The van der Waals surface area contributed by atoms with Crippen LogP contribution in [0.5, 0.6) is 0 Å². The molecule has 1 aromatic heterocycles. The van der Waals surface area contributed by atoms with E-state index in [9.17, 15) is 9.59 Å². The van der Waals surface area contributed by atoms with Crippen LogP contribution in [-0.4, -0.2) is 23.5 Å². The lowest BCUT2D eigenvalue weighted by atomic mass is 10.1. The Balaban J connectivity index is 2.07. The van der Waals surface area contributed by atoms with Crippen molar-refractivity contribution in [1.29, 1.82) is 0 Å². The van der Waals surface area contributed by atoms with Crippen LogP contribution in [0, 0.1) is 0 Å². The maximum absolute atomic E-state index is 12.0. The summed E-state index contributed by atoms with van der Waals surface area (Å²) >= 11 is 4.99. The monoisotopic (exact) mass is 375 g/mol. The Bertz CT molecular complexity index is 462. The average Bonchev–Trinajstić information content (AvgIpc) is 2.87. The Hall–Kier alpha value is -0.880. The Kier molecular flexibility index (Phi) is 8.61. The first-order chi connectivity index (χ1) is 10.0. The molecule has 0 bridgehead atoms. The molecule has 118 valence electrons. The summed E-state index contributed by atoms with van der Waals surface area (Å²) < 4.78 is 1.04. The molecule has 0 radical (unpaired) electrons. The first kappa shape index (κ1) is 18.2. The third-order valence-corrected chi connectivity index (χ3v) is 5.09. The van der Waals surface area contributed by atoms with Crippen LogP contribution < -0.4 is 5.32 Å². The standard InChI is InChI=1S/C15H22BrNO3S/c1-11(12-8-9-13(16)21-12)15(20)17-10-6-4-2-3-5-7-14(18)19/h8-9,11H,2-7,10H2,1H3,(H,17,20)(H,18,19). The Morgan fingerprint density at radius 3 is 2.52 bits per heavy atom. The molecule has 1 aromatic rings. The van der Waals surface area contributed by atoms with Gasteiger partial charge in [-0.1, -0.05) is 19.3 Å². The lowest BCUT2D eigenvalue weighted by Crippen LogP contribution is -2.28. The molecule has 0 saturated heterocycles. The summed E-state index contributed by atoms with van der Waals surface area (Å²) in [5.74, 6) is -0.774. The molecule has 1 atom stereocenters. The first-order valence-electron chi connectivity index (χ1n) is 7.25. The fourth-order valence-electron chi connectivity index (χ4n) is 1.99. The minimum absolute atomic E-state index is 0.0650. The number of hydrogen-bond donors (Lipinski definition) is 2. The van der Waals surface area contributed by atoms with Gasteiger partial charge in [0.05, 0.1) is 9.70 Å². The van der Waals surface area contributed by atoms with Gasteiger partial charge in [-0.3, -0.25) is 9.59 Å². The van der Waals surface area contributed by atoms with Crippen LogP contribution in [0.3, 0.4) is 0 Å². The van der Waals surface area contributed by atoms with Gasteiger partial charge < -0.3 is 10.4 Å². The number of rotatable bonds is 10. The number of halogens is 1. The van der Waals surface area contributed by atoms with Crippen molar-refractivity contribution in [2.45, 2.75) is 51.4 Å². The number of carbonyl (C=O) groups is 2. The smallest absolute Gasteiger partial charge is 0.303 e. The summed E-state index contributed by atoms with van der Waals surface area (Å²) in [6.07, 6.45) is 4.94. The zero-order valence-corrected chi connectivity index (χ0v) is 14.6. The Morgan fingerprint density at radius 1 is 1.24 bits per heavy atom. The molecule has 2 N–H and O–H groups in total. The van der Waals surface area contributed by atoms with E-state index < -0.39 is 5.97 Å². The maximum Gasteiger partial charge on any atom is 0.303 e. The van der Waals surface area contributed by atoms with Gasteiger partial charge in [-0.2, -0.15) is 0 Å². The highest BCUT2D eigenvalue weighted by Crippen LogP contribution is 2.28. The first-order valence-corrected chi connectivity index (χ1v) is 8.86. The highest BCUT2D eigenvalue weighted by Gasteiger charge is 2.16. The van der Waals surface area contributed by atoms with E-state index in [2.05, 4.69) is 21.2 Å². The van der Waals surface area contributed by atoms with Crippen LogP contribution in [0.15, 0.2) is 15.9 Å². The van der Waals surface area contributed by atoms with E-state index >= 15 is 0 Å². The number of carboxylic acid groups (broad SMARTS) is 1. The molecule has 0 spiro atoms. The molecule has 6 heteroatoms. The maximum atomic E-state index is 12.0. The second-order valence-electron chi connectivity index (χ2n) is 5.07. The number of nitrogens with one attached hydrogen (secondary N) is 1. The number of hydrogen-bond acceptors (Lipinski definition) is 3. The van der Waals surface area contributed by atoms with Gasteiger partial charge in [0.1, 0.15) is 0 Å². The van der Waals surface area contributed by atoms with Gasteiger partial charge in [0, 0.05) is 17.8 Å². The van der Waals surface area contributed by atoms with Crippen LogP contribution >= 0.6 is 27.3 Å². The molecular weight excluding hydrogens is 354 g/mol. The number of aliphatic carboxylic acids is 1. The summed E-state index contributed by atoms with van der Waals surface area (Å²) in [5.41, 5.74) is 0. The van der Waals surface area contributed by atoms with Crippen LogP contribution in [0.1, 0.15) is 56.2 Å². The van der Waals surface area contributed by atoms with Gasteiger partial charge in [0.15, 0.2) is 0 Å². The Labute approximate surface area is 138 Å². The van der Waals surface area contributed by atoms with Crippen molar-refractivity contribution in [1.82, 2.24) is 5.32 Å². The van der Waals surface area contributed by atoms with Gasteiger partial charge in [0.2, 0.25) is 5.91 Å². The van der Waals surface area contributed by atoms with Crippen LogP contribution in [0.25, 0.3) is 0 Å². The number of thiophene rings is 1. The summed E-state index contributed by atoms with van der Waals surface area (Å²) in [7, 11) is 0. The molecule has 0 aliphatic heterocycles. The lowest BCUT2D eigenvalue weighted by molar-refractivity contribution is -0.137. The fraction of sp³-hybridized carbons (Fsp3) is 0.600. The molecule has 21 heavy (non-hydrogen) atoms. The Morgan fingerprint density at radius 2 is 1.90 bits per heavy atom. The molecule has 1 amide bonds. The summed E-state index contributed by atoms with van der Waals surface area (Å²) in [4.78, 5) is 23.4. The van der Waals surface area contributed by atoms with Crippen molar-refractivity contribution in [2.75, 3.05) is 6.54 Å². The van der Waals surface area contributed by atoms with E-state index in [1.807, 2.05) is 19.1 Å². The normalized spacial score (nSPS) is 12.1. The minimum atomic E-state index is -0.725. The largest absolute Gasteiger partial charge is 0.481 e. The number of carboxylic acids is 1. The highest BCUT2D eigenvalue weighted by molar-refractivity contribution is 9.11. The van der Waals surface area contributed by atoms with E-state index in [0.717, 1.165) is 40.8 Å². The van der Waals surface area contributed by atoms with Crippen molar-refractivity contribution >= 4 is 39.1 Å². The zero-order chi connectivity index (χ0) is 15.7. The van der Waals surface area contributed by atoms with Crippen LogP contribution in [0.4, 0.5) is 0 Å². The van der Waals surface area contributed by atoms with Crippen molar-refractivity contribution in [2.24, 2.45) is 0 Å². The number of carbonyl (C=O) groups excluding carboxylic acids is 1. The minimum Gasteiger partial charge on any atom is -0.481 e. The van der Waals surface area contributed by atoms with Gasteiger partial charge in [-0.25, -0.2) is 0 Å². The van der Waals surface area contributed by atoms with E-state index in [-0.39, 0.29) is 18.2 Å². The summed E-state index contributed by atoms with van der Waals surface area (Å²) in [6, 6.07) is 3.93. The highest BCUT2D eigenvalue weighted by atomic mass is 79.9. The molecule has 0 aliphatic rings. The summed E-state index contributed by atoms with van der Waals surface area (Å²) in [5, 5.41) is 11.5. The quantitative estimate of drug-likeness (QED) is 0.603. The van der Waals surface area contributed by atoms with Crippen molar-refractivity contribution in [3.05, 3.63) is 20.8 Å². The van der Waals surface area contributed by atoms with E-state index in [4.69, 9.17) is 5.11 Å². The third-order valence-electron chi connectivity index (χ3n) is 3.28. The molecule has 0 aromatic carbocycles. The van der Waals surface area contributed by atoms with Crippen molar-refractivity contribution < 1.29 is 14.7 Å². The molecular formula is C15H22BrNO3S. The van der Waals surface area contributed by atoms with Gasteiger partial charge in [-0.05, 0) is 47.8 Å². The molecule has 1 rings (SSSR count). The van der Waals surface area contributed by atoms with Crippen LogP contribution in [0.2, 0.25) is 0 Å². The molecule has 1 unspecified atom stereocenters. The molecule has 0 saturated carbocycles. The summed E-state index contributed by atoms with van der Waals surface area (Å²) in [6.45, 7) is 2.61. The van der Waals surface area contributed by atoms with Crippen LogP contribution in [-0.2, 0) is 9.59 Å². The topological polar surface area (TPSA) is 66.4 Å². The fourth-order valence-corrected chi connectivity index (χ4v) is 3.46. The van der Waals surface area contributed by atoms with E-state index in [1.54, 1.807) is 11.3 Å². The van der Waals surface area contributed by atoms with Crippen molar-refractivity contribution in [3.63, 3.8) is 0 Å². The molecule has 1 heterocycles. The third kappa shape index (κ3) is 7.62. The van der Waals surface area contributed by atoms with Gasteiger partial charge in [-0.15, -0.1) is 11.3 Å². The molecule has 0 fully saturated rings. The second kappa shape index (κ2) is 9.95. The average molecular weight is 376 g/mol.